The van der Waals surface area contributed by atoms with E-state index >= 15 is 0 Å². The minimum Gasteiger partial charge on any atom is -0.444 e. The van der Waals surface area contributed by atoms with E-state index in [0.29, 0.717) is 24.3 Å². The predicted molar refractivity (Wildman–Crippen MR) is 119 cm³/mol. The Bertz CT molecular complexity index is 853. The molecule has 0 aliphatic carbocycles. The van der Waals surface area contributed by atoms with Crippen molar-refractivity contribution >= 4 is 17.7 Å². The molecule has 1 aromatic rings. The molecule has 2 fully saturated rings. The molecule has 2 heterocycles. The average molecular weight is 471 g/mol. The zero-order valence-corrected chi connectivity index (χ0v) is 19.5. The summed E-state index contributed by atoms with van der Waals surface area (Å²) in [7, 11) is 0. The van der Waals surface area contributed by atoms with E-state index in [1.165, 1.54) is 4.90 Å². The molecule has 7 nitrogen and oxygen atoms in total. The van der Waals surface area contributed by atoms with Gasteiger partial charge in [-0.15, -0.1) is 0 Å². The van der Waals surface area contributed by atoms with Gasteiger partial charge in [0.1, 0.15) is 5.60 Å². The van der Waals surface area contributed by atoms with E-state index < -0.39 is 18.3 Å². The van der Waals surface area contributed by atoms with Gasteiger partial charge in [0, 0.05) is 50.5 Å². The van der Waals surface area contributed by atoms with E-state index in [2.05, 4.69) is 0 Å². The Labute approximate surface area is 192 Å². The van der Waals surface area contributed by atoms with Gasteiger partial charge in [-0.1, -0.05) is 0 Å². The van der Waals surface area contributed by atoms with Crippen molar-refractivity contribution in [2.45, 2.75) is 51.3 Å². The monoisotopic (exact) mass is 470 g/mol. The van der Waals surface area contributed by atoms with Crippen molar-refractivity contribution in [1.29, 1.82) is 0 Å². The Kier molecular flexibility index (Phi) is 7.45. The second kappa shape index (κ2) is 9.79. The van der Waals surface area contributed by atoms with Crippen molar-refractivity contribution in [2.24, 2.45) is 0 Å². The number of amides is 2. The van der Waals surface area contributed by atoms with Crippen LogP contribution in [-0.2, 0) is 4.74 Å². The van der Waals surface area contributed by atoms with Crippen molar-refractivity contribution in [3.63, 3.8) is 0 Å². The van der Waals surface area contributed by atoms with Gasteiger partial charge >= 0.3 is 12.3 Å². The van der Waals surface area contributed by atoms with Crippen LogP contribution in [0.3, 0.4) is 0 Å². The molecule has 2 aliphatic heterocycles. The molecular formula is C23H33F3N4O3. The standard InChI is InChI=1S/C23H33F3N4O3/c1-22(2,3)33-21(32)30-6-4-16(5-7-30)17-12-18(14-19(27)13-17)20(31)29-10-8-28(9-11-29)15-23(24,25)26/h12-14,16H,4-11,15,27H2,1-3H3. The van der Waals surface area contributed by atoms with E-state index in [9.17, 15) is 22.8 Å². The normalized spacial score (nSPS) is 19.0. The van der Waals surface area contributed by atoms with E-state index in [-0.39, 0.29) is 44.1 Å². The van der Waals surface area contributed by atoms with E-state index in [1.807, 2.05) is 32.9 Å². The van der Waals surface area contributed by atoms with Crippen molar-refractivity contribution in [3.8, 4) is 0 Å². The first kappa shape index (κ1) is 25.1. The van der Waals surface area contributed by atoms with Crippen molar-refractivity contribution in [1.82, 2.24) is 14.7 Å². The molecule has 2 amide bonds. The largest absolute Gasteiger partial charge is 0.444 e. The first-order valence-corrected chi connectivity index (χ1v) is 11.3. The smallest absolute Gasteiger partial charge is 0.410 e. The van der Waals surface area contributed by atoms with Crippen LogP contribution in [0.15, 0.2) is 18.2 Å². The molecule has 0 unspecified atom stereocenters. The van der Waals surface area contributed by atoms with Crippen LogP contribution in [0, 0.1) is 0 Å². The van der Waals surface area contributed by atoms with Crippen LogP contribution < -0.4 is 5.73 Å². The third kappa shape index (κ3) is 7.25. The first-order valence-electron chi connectivity index (χ1n) is 11.3. The molecule has 0 aromatic heterocycles. The summed E-state index contributed by atoms with van der Waals surface area (Å²) in [5.74, 6) is -0.0660. The number of piperidine rings is 1. The number of nitrogen functional groups attached to an aromatic ring is 1. The lowest BCUT2D eigenvalue weighted by atomic mass is 9.88. The Morgan fingerprint density at radius 3 is 2.12 bits per heavy atom. The molecule has 0 radical (unpaired) electrons. The number of alkyl halides is 3. The number of benzene rings is 1. The number of carbonyl (C=O) groups excluding carboxylic acids is 2. The highest BCUT2D eigenvalue weighted by Crippen LogP contribution is 2.31. The summed E-state index contributed by atoms with van der Waals surface area (Å²) in [5.41, 5.74) is 7.40. The lowest BCUT2D eigenvalue weighted by Crippen LogP contribution is -2.50. The molecular weight excluding hydrogens is 437 g/mol. The van der Waals surface area contributed by atoms with Crippen molar-refractivity contribution in [3.05, 3.63) is 29.3 Å². The molecule has 0 atom stereocenters. The summed E-state index contributed by atoms with van der Waals surface area (Å²) in [6, 6.07) is 5.30. The highest BCUT2D eigenvalue weighted by Gasteiger charge is 2.33. The molecule has 2 N–H and O–H groups in total. The first-order chi connectivity index (χ1) is 15.3. The quantitative estimate of drug-likeness (QED) is 0.682. The summed E-state index contributed by atoms with van der Waals surface area (Å²) in [4.78, 5) is 29.9. The minimum absolute atomic E-state index is 0.155. The SMILES string of the molecule is CC(C)(C)OC(=O)N1CCC(c2cc(N)cc(C(=O)N3CCN(CC(F)(F)F)CC3)c2)CC1. The third-order valence-electron chi connectivity index (χ3n) is 5.91. The lowest BCUT2D eigenvalue weighted by molar-refractivity contribution is -0.148. The molecule has 0 spiro atoms. The molecule has 184 valence electrons. The topological polar surface area (TPSA) is 79.1 Å². The lowest BCUT2D eigenvalue weighted by Gasteiger charge is -2.35. The van der Waals surface area contributed by atoms with Gasteiger partial charge in [-0.2, -0.15) is 13.2 Å². The van der Waals surface area contributed by atoms with E-state index in [1.54, 1.807) is 15.9 Å². The number of anilines is 1. The fourth-order valence-electron chi connectivity index (χ4n) is 4.30. The van der Waals surface area contributed by atoms with Gasteiger partial charge in [0.15, 0.2) is 0 Å². The maximum absolute atomic E-state index is 13.0. The fraction of sp³-hybridized carbons (Fsp3) is 0.652. The fourth-order valence-corrected chi connectivity index (χ4v) is 4.30. The zero-order valence-electron chi connectivity index (χ0n) is 19.5. The number of hydrogen-bond acceptors (Lipinski definition) is 5. The Balaban J connectivity index is 1.60. The van der Waals surface area contributed by atoms with Gasteiger partial charge in [0.05, 0.1) is 6.54 Å². The number of ether oxygens (including phenoxy) is 1. The van der Waals surface area contributed by atoms with Crippen LogP contribution >= 0.6 is 0 Å². The minimum atomic E-state index is -4.24. The van der Waals surface area contributed by atoms with Gasteiger partial charge < -0.3 is 20.3 Å². The van der Waals surface area contributed by atoms with Crippen LogP contribution in [0.2, 0.25) is 0 Å². The van der Waals surface area contributed by atoms with Crippen molar-refractivity contribution in [2.75, 3.05) is 51.5 Å². The van der Waals surface area contributed by atoms with Crippen LogP contribution in [0.4, 0.5) is 23.7 Å². The predicted octanol–water partition coefficient (Wildman–Crippen LogP) is 3.70. The number of nitrogens with two attached hydrogens (primary N) is 1. The second-order valence-electron chi connectivity index (χ2n) is 9.81. The summed E-state index contributed by atoms with van der Waals surface area (Å²) in [6.45, 7) is 6.50. The van der Waals surface area contributed by atoms with Gasteiger partial charge in [0.25, 0.3) is 5.91 Å². The highest BCUT2D eigenvalue weighted by atomic mass is 19.4. The zero-order chi connectivity index (χ0) is 24.4. The number of nitrogens with zero attached hydrogens (tertiary/aromatic N) is 3. The molecule has 1 aromatic carbocycles. The van der Waals surface area contributed by atoms with Crippen LogP contribution in [0.5, 0.6) is 0 Å². The molecule has 0 bridgehead atoms. The highest BCUT2D eigenvalue weighted by molar-refractivity contribution is 5.95. The summed E-state index contributed by atoms with van der Waals surface area (Å²) < 4.78 is 43.2. The maximum atomic E-state index is 13.0. The number of carbonyl (C=O) groups is 2. The Morgan fingerprint density at radius 1 is 0.970 bits per heavy atom. The average Bonchev–Trinajstić information content (AvgIpc) is 2.71. The second-order valence-corrected chi connectivity index (χ2v) is 9.81. The number of piperazine rings is 1. The molecule has 33 heavy (non-hydrogen) atoms. The number of hydrogen-bond donors (Lipinski definition) is 1. The Morgan fingerprint density at radius 2 is 1.58 bits per heavy atom. The molecule has 2 saturated heterocycles. The van der Waals surface area contributed by atoms with Gasteiger partial charge in [-0.05, 0) is 63.3 Å². The van der Waals surface area contributed by atoms with Gasteiger partial charge in [0.2, 0.25) is 0 Å². The number of rotatable bonds is 3. The molecule has 2 aliphatic rings. The summed E-state index contributed by atoms with van der Waals surface area (Å²) in [6.07, 6.45) is -3.11. The van der Waals surface area contributed by atoms with Crippen LogP contribution in [-0.4, -0.2) is 84.3 Å². The maximum Gasteiger partial charge on any atom is 0.410 e. The van der Waals surface area contributed by atoms with E-state index in [4.69, 9.17) is 10.5 Å². The van der Waals surface area contributed by atoms with Gasteiger partial charge in [-0.3, -0.25) is 9.69 Å². The van der Waals surface area contributed by atoms with Crippen molar-refractivity contribution < 1.29 is 27.5 Å². The van der Waals surface area contributed by atoms with E-state index in [0.717, 1.165) is 18.4 Å². The summed E-state index contributed by atoms with van der Waals surface area (Å²) >= 11 is 0. The third-order valence-corrected chi connectivity index (χ3v) is 5.91. The summed E-state index contributed by atoms with van der Waals surface area (Å²) in [5, 5.41) is 0. The molecule has 3 rings (SSSR count). The number of halogens is 3. The molecule has 0 saturated carbocycles. The van der Waals surface area contributed by atoms with Crippen LogP contribution in [0.1, 0.15) is 55.5 Å². The molecule has 10 heteroatoms. The number of likely N-dealkylation sites (tertiary alicyclic amines) is 1. The van der Waals surface area contributed by atoms with Crippen LogP contribution in [0.25, 0.3) is 0 Å². The van der Waals surface area contributed by atoms with Gasteiger partial charge in [-0.25, -0.2) is 4.79 Å². The Hall–Kier alpha value is -2.49.